The Morgan fingerprint density at radius 2 is 1.93 bits per heavy atom. The monoisotopic (exact) mass is 464 g/mol. The summed E-state index contributed by atoms with van der Waals surface area (Å²) in [6, 6.07) is 15.6. The van der Waals surface area contributed by atoms with Crippen molar-refractivity contribution in [2.24, 2.45) is 0 Å². The summed E-state index contributed by atoms with van der Waals surface area (Å²) in [4.78, 5) is 29.0. The number of esters is 1. The van der Waals surface area contributed by atoms with Gasteiger partial charge in [0.2, 0.25) is 0 Å². The van der Waals surface area contributed by atoms with E-state index in [1.165, 1.54) is 11.8 Å². The van der Waals surface area contributed by atoms with Crippen LogP contribution < -0.4 is 5.32 Å². The van der Waals surface area contributed by atoms with Gasteiger partial charge in [0.15, 0.2) is 6.61 Å². The maximum absolute atomic E-state index is 11.8. The third-order valence-corrected chi connectivity index (χ3v) is 6.14. The van der Waals surface area contributed by atoms with Crippen molar-refractivity contribution in [3.8, 4) is 0 Å². The third kappa shape index (κ3) is 6.34. The average Bonchev–Trinajstić information content (AvgIpc) is 3.08. The maximum Gasteiger partial charge on any atom is 0.316 e. The number of benzene rings is 2. The topological polar surface area (TPSA) is 68.3 Å². The van der Waals surface area contributed by atoms with Crippen LogP contribution in [0.25, 0.3) is 10.2 Å². The lowest BCUT2D eigenvalue weighted by Gasteiger charge is -2.06. The summed E-state index contributed by atoms with van der Waals surface area (Å²) < 4.78 is 7.12. The molecule has 1 N–H and O–H groups in total. The largest absolute Gasteiger partial charge is 0.455 e. The lowest BCUT2D eigenvalue weighted by Crippen LogP contribution is -2.30. The molecule has 0 spiro atoms. The number of thioether (sulfide) groups is 1. The molecular weight excluding hydrogens is 448 g/mol. The molecule has 0 aliphatic rings. The lowest BCUT2D eigenvalue weighted by molar-refractivity contribution is -0.145. The van der Waals surface area contributed by atoms with Gasteiger partial charge in [-0.15, -0.1) is 23.1 Å². The highest BCUT2D eigenvalue weighted by Gasteiger charge is 2.09. The van der Waals surface area contributed by atoms with E-state index in [0.717, 1.165) is 24.6 Å². The Bertz CT molecular complexity index is 895. The van der Waals surface area contributed by atoms with Gasteiger partial charge in [-0.3, -0.25) is 9.59 Å². The number of fused-ring (bicyclic) bond motifs is 1. The molecule has 0 fully saturated rings. The van der Waals surface area contributed by atoms with Gasteiger partial charge in [-0.25, -0.2) is 4.98 Å². The standard InChI is InChI=1S/C19H17BrN2O3S2/c20-13-5-7-14(8-6-13)26-12-19(24)25-11-17(23)21-10-9-18-22-15-3-1-2-4-16(15)27-18/h1-8H,9-12H2,(H,21,23). The van der Waals surface area contributed by atoms with E-state index < -0.39 is 5.97 Å². The fourth-order valence-corrected chi connectivity index (χ4v) is 4.18. The van der Waals surface area contributed by atoms with Gasteiger partial charge in [-0.2, -0.15) is 0 Å². The van der Waals surface area contributed by atoms with Crippen LogP contribution in [0.1, 0.15) is 5.01 Å². The molecule has 1 heterocycles. The van der Waals surface area contributed by atoms with Crippen LogP contribution in [0.2, 0.25) is 0 Å². The Hall–Kier alpha value is -1.90. The van der Waals surface area contributed by atoms with Crippen LogP contribution in [-0.4, -0.2) is 35.8 Å². The van der Waals surface area contributed by atoms with Crippen molar-refractivity contribution in [1.82, 2.24) is 10.3 Å². The van der Waals surface area contributed by atoms with Crippen LogP contribution in [0.5, 0.6) is 0 Å². The Morgan fingerprint density at radius 3 is 2.70 bits per heavy atom. The number of para-hydroxylation sites is 1. The number of carbonyl (C=O) groups is 2. The number of rotatable bonds is 8. The Kier molecular flexibility index (Phi) is 7.25. The van der Waals surface area contributed by atoms with Gasteiger partial charge in [0.25, 0.3) is 5.91 Å². The van der Waals surface area contributed by atoms with Crippen molar-refractivity contribution in [3.63, 3.8) is 0 Å². The second-order valence-electron chi connectivity index (χ2n) is 5.58. The van der Waals surface area contributed by atoms with E-state index in [1.807, 2.05) is 48.5 Å². The second-order valence-corrected chi connectivity index (χ2v) is 8.66. The minimum absolute atomic E-state index is 0.167. The fraction of sp³-hybridized carbons (Fsp3) is 0.211. The molecular formula is C19H17BrN2O3S2. The molecule has 0 unspecified atom stereocenters. The summed E-state index contributed by atoms with van der Waals surface area (Å²) in [7, 11) is 0. The summed E-state index contributed by atoms with van der Waals surface area (Å²) in [6.45, 7) is 0.198. The quantitative estimate of drug-likeness (QED) is 0.402. The lowest BCUT2D eigenvalue weighted by atomic mass is 10.3. The predicted octanol–water partition coefficient (Wildman–Crippen LogP) is 4.05. The summed E-state index contributed by atoms with van der Waals surface area (Å²) in [6.07, 6.45) is 0.651. The van der Waals surface area contributed by atoms with Crippen LogP contribution in [0, 0.1) is 0 Å². The van der Waals surface area contributed by atoms with Crippen molar-refractivity contribution in [1.29, 1.82) is 0 Å². The number of amides is 1. The first-order valence-electron chi connectivity index (χ1n) is 8.25. The number of nitrogens with one attached hydrogen (secondary N) is 1. The van der Waals surface area contributed by atoms with Crippen LogP contribution in [0.3, 0.4) is 0 Å². The third-order valence-electron chi connectivity index (χ3n) is 3.53. The SMILES string of the molecule is O=C(COC(=O)CSc1ccc(Br)cc1)NCCc1nc2ccccc2s1. The number of halogens is 1. The number of hydrogen-bond donors (Lipinski definition) is 1. The second kappa shape index (κ2) is 9.87. The molecule has 0 radical (unpaired) electrons. The molecule has 8 heteroatoms. The minimum Gasteiger partial charge on any atom is -0.455 e. The van der Waals surface area contributed by atoms with Crippen molar-refractivity contribution >= 4 is 61.1 Å². The summed E-state index contributed by atoms with van der Waals surface area (Å²) in [5.41, 5.74) is 0.973. The molecule has 3 rings (SSSR count). The molecule has 1 amide bonds. The number of aromatic nitrogens is 1. The fourth-order valence-electron chi connectivity index (χ4n) is 2.25. The van der Waals surface area contributed by atoms with Crippen molar-refractivity contribution < 1.29 is 14.3 Å². The molecule has 0 atom stereocenters. The molecule has 2 aromatic carbocycles. The van der Waals surface area contributed by atoms with E-state index in [0.29, 0.717) is 13.0 Å². The van der Waals surface area contributed by atoms with Gasteiger partial charge >= 0.3 is 5.97 Å². The molecule has 0 saturated heterocycles. The molecule has 0 bridgehead atoms. The molecule has 27 heavy (non-hydrogen) atoms. The van der Waals surface area contributed by atoms with Gasteiger partial charge in [0, 0.05) is 22.3 Å². The van der Waals surface area contributed by atoms with Gasteiger partial charge in [-0.05, 0) is 36.4 Å². The molecule has 0 aliphatic carbocycles. The van der Waals surface area contributed by atoms with Gasteiger partial charge in [-0.1, -0.05) is 28.1 Å². The van der Waals surface area contributed by atoms with Crippen LogP contribution in [0.15, 0.2) is 57.9 Å². The predicted molar refractivity (Wildman–Crippen MR) is 112 cm³/mol. The van der Waals surface area contributed by atoms with E-state index in [2.05, 4.69) is 26.2 Å². The molecule has 140 valence electrons. The van der Waals surface area contributed by atoms with E-state index >= 15 is 0 Å². The summed E-state index contributed by atoms with van der Waals surface area (Å²) >= 11 is 6.35. The van der Waals surface area contributed by atoms with Crippen molar-refractivity contribution in [3.05, 3.63) is 58.0 Å². The van der Waals surface area contributed by atoms with Gasteiger partial charge in [0.1, 0.15) is 0 Å². The molecule has 0 saturated carbocycles. The Labute approximate surface area is 173 Å². The maximum atomic E-state index is 11.8. The number of hydrogen-bond acceptors (Lipinski definition) is 6. The zero-order chi connectivity index (χ0) is 19.1. The van der Waals surface area contributed by atoms with E-state index in [-0.39, 0.29) is 18.3 Å². The number of thiazole rings is 1. The average molecular weight is 465 g/mol. The van der Waals surface area contributed by atoms with Crippen LogP contribution in [-0.2, 0) is 20.7 Å². The summed E-state index contributed by atoms with van der Waals surface area (Å²) in [5.74, 6) is -0.553. The first-order chi connectivity index (χ1) is 13.1. The normalized spacial score (nSPS) is 10.7. The highest BCUT2D eigenvalue weighted by molar-refractivity contribution is 9.10. The molecule has 0 aliphatic heterocycles. The number of carbonyl (C=O) groups excluding carboxylic acids is 2. The molecule has 1 aromatic heterocycles. The zero-order valence-corrected chi connectivity index (χ0v) is 17.5. The highest BCUT2D eigenvalue weighted by Crippen LogP contribution is 2.22. The first kappa shape index (κ1) is 19.9. The Morgan fingerprint density at radius 1 is 1.15 bits per heavy atom. The smallest absolute Gasteiger partial charge is 0.316 e. The van der Waals surface area contributed by atoms with Gasteiger partial charge < -0.3 is 10.1 Å². The zero-order valence-electron chi connectivity index (χ0n) is 14.3. The van der Waals surface area contributed by atoms with Crippen molar-refractivity contribution in [2.45, 2.75) is 11.3 Å². The summed E-state index contributed by atoms with van der Waals surface area (Å²) in [5, 5.41) is 3.72. The Balaban J connectivity index is 1.33. The van der Waals surface area contributed by atoms with Gasteiger partial charge in [0.05, 0.1) is 21.0 Å². The molecule has 3 aromatic rings. The minimum atomic E-state index is -0.413. The van der Waals surface area contributed by atoms with E-state index in [9.17, 15) is 9.59 Å². The van der Waals surface area contributed by atoms with E-state index in [1.54, 1.807) is 11.3 Å². The first-order valence-corrected chi connectivity index (χ1v) is 10.8. The number of nitrogens with zero attached hydrogens (tertiary/aromatic N) is 1. The van der Waals surface area contributed by atoms with Crippen molar-refractivity contribution in [2.75, 3.05) is 18.9 Å². The van der Waals surface area contributed by atoms with Crippen LogP contribution in [0.4, 0.5) is 0 Å². The van der Waals surface area contributed by atoms with Crippen LogP contribution >= 0.6 is 39.0 Å². The number of ether oxygens (including phenoxy) is 1. The highest BCUT2D eigenvalue weighted by atomic mass is 79.9. The van der Waals surface area contributed by atoms with E-state index in [4.69, 9.17) is 4.74 Å². The molecule has 5 nitrogen and oxygen atoms in total.